The Balaban J connectivity index is 1.53. The Bertz CT molecular complexity index is 1190. The molecule has 9 heteroatoms. The molecule has 1 saturated heterocycles. The number of halogens is 1. The molecule has 1 aromatic heterocycles. The highest BCUT2D eigenvalue weighted by Crippen LogP contribution is 2.34. The summed E-state index contributed by atoms with van der Waals surface area (Å²) in [4.78, 5) is 36.2. The average Bonchev–Trinajstić information content (AvgIpc) is 3.30. The number of non-ortho nitro benzene ring substituents is 1. The number of nitro groups is 1. The first-order chi connectivity index (χ1) is 14.4. The molecule has 0 saturated carbocycles. The standard InChI is InChI=1S/C21H13FN2O5S/c22-17-4-2-1-3-14(17)12-23-20(25)19(30-21(23)26)11-16-9-10-18(29-16)13-5-7-15(8-6-13)24(27)28/h1-11H,12H2/b19-11+. The molecule has 0 spiro atoms. The molecule has 150 valence electrons. The lowest BCUT2D eigenvalue weighted by Crippen LogP contribution is -2.27. The monoisotopic (exact) mass is 424 g/mol. The molecule has 1 aliphatic rings. The molecule has 3 aromatic rings. The highest BCUT2D eigenvalue weighted by Gasteiger charge is 2.35. The fourth-order valence-electron chi connectivity index (χ4n) is 2.90. The lowest BCUT2D eigenvalue weighted by Gasteiger charge is -2.12. The van der Waals surface area contributed by atoms with E-state index >= 15 is 0 Å². The van der Waals surface area contributed by atoms with E-state index in [2.05, 4.69) is 0 Å². The van der Waals surface area contributed by atoms with E-state index in [0.717, 1.165) is 16.7 Å². The van der Waals surface area contributed by atoms with Gasteiger partial charge in [-0.2, -0.15) is 0 Å². The number of imide groups is 1. The molecule has 0 aliphatic carbocycles. The van der Waals surface area contributed by atoms with Crippen LogP contribution in [0, 0.1) is 15.9 Å². The van der Waals surface area contributed by atoms with E-state index in [9.17, 15) is 24.1 Å². The zero-order chi connectivity index (χ0) is 21.3. The predicted molar refractivity (Wildman–Crippen MR) is 109 cm³/mol. The van der Waals surface area contributed by atoms with Crippen molar-refractivity contribution < 1.29 is 23.3 Å². The molecule has 1 aliphatic heterocycles. The van der Waals surface area contributed by atoms with E-state index in [4.69, 9.17) is 4.42 Å². The Morgan fingerprint density at radius 3 is 2.50 bits per heavy atom. The van der Waals surface area contributed by atoms with Gasteiger partial charge < -0.3 is 4.42 Å². The number of carbonyl (C=O) groups excluding carboxylic acids is 2. The molecule has 0 bridgehead atoms. The number of nitrogens with zero attached hydrogens (tertiary/aromatic N) is 2. The number of thioether (sulfide) groups is 1. The Hall–Kier alpha value is -3.72. The van der Waals surface area contributed by atoms with Crippen LogP contribution in [0.5, 0.6) is 0 Å². The summed E-state index contributed by atoms with van der Waals surface area (Å²) in [7, 11) is 0. The van der Waals surface area contributed by atoms with Crippen molar-refractivity contribution in [3.8, 4) is 11.3 Å². The molecule has 0 radical (unpaired) electrons. The summed E-state index contributed by atoms with van der Waals surface area (Å²) in [6.45, 7) is -0.152. The van der Waals surface area contributed by atoms with E-state index in [0.29, 0.717) is 17.1 Å². The fraction of sp³-hybridized carbons (Fsp3) is 0.0476. The third-order valence-corrected chi connectivity index (χ3v) is 5.33. The molecule has 0 N–H and O–H groups in total. The highest BCUT2D eigenvalue weighted by atomic mass is 32.2. The second-order valence-corrected chi connectivity index (χ2v) is 7.36. The number of rotatable bonds is 5. The van der Waals surface area contributed by atoms with Gasteiger partial charge in [-0.25, -0.2) is 4.39 Å². The molecular weight excluding hydrogens is 411 g/mol. The fourth-order valence-corrected chi connectivity index (χ4v) is 3.71. The van der Waals surface area contributed by atoms with Gasteiger partial charge in [0.25, 0.3) is 16.8 Å². The first-order valence-corrected chi connectivity index (χ1v) is 9.57. The number of benzene rings is 2. The summed E-state index contributed by atoms with van der Waals surface area (Å²) in [5, 5.41) is 10.3. The molecule has 1 fully saturated rings. The van der Waals surface area contributed by atoms with Crippen LogP contribution in [0.3, 0.4) is 0 Å². The summed E-state index contributed by atoms with van der Waals surface area (Å²) in [5.74, 6) is -0.206. The van der Waals surface area contributed by atoms with Crippen molar-refractivity contribution in [2.75, 3.05) is 0 Å². The summed E-state index contributed by atoms with van der Waals surface area (Å²) in [6, 6.07) is 15.1. The third kappa shape index (κ3) is 3.87. The average molecular weight is 424 g/mol. The Morgan fingerprint density at radius 1 is 1.07 bits per heavy atom. The minimum Gasteiger partial charge on any atom is -0.457 e. The summed E-state index contributed by atoms with van der Waals surface area (Å²) in [5.41, 5.74) is 0.849. The zero-order valence-electron chi connectivity index (χ0n) is 15.3. The van der Waals surface area contributed by atoms with Gasteiger partial charge >= 0.3 is 0 Å². The number of hydrogen-bond donors (Lipinski definition) is 0. The lowest BCUT2D eigenvalue weighted by molar-refractivity contribution is -0.384. The van der Waals surface area contributed by atoms with Crippen LogP contribution in [0.4, 0.5) is 14.9 Å². The van der Waals surface area contributed by atoms with Crippen LogP contribution in [0.2, 0.25) is 0 Å². The minimum atomic E-state index is -0.526. The largest absolute Gasteiger partial charge is 0.457 e. The van der Waals surface area contributed by atoms with E-state index in [-0.39, 0.29) is 22.7 Å². The molecule has 2 heterocycles. The van der Waals surface area contributed by atoms with Crippen molar-refractivity contribution >= 4 is 34.7 Å². The van der Waals surface area contributed by atoms with Gasteiger partial charge in [0.1, 0.15) is 17.3 Å². The van der Waals surface area contributed by atoms with E-state index in [1.807, 2.05) is 0 Å². The van der Waals surface area contributed by atoms with Crippen LogP contribution in [0.1, 0.15) is 11.3 Å². The van der Waals surface area contributed by atoms with Crippen molar-refractivity contribution in [2.45, 2.75) is 6.54 Å². The predicted octanol–water partition coefficient (Wildman–Crippen LogP) is 5.23. The number of nitro benzene ring substituents is 1. The van der Waals surface area contributed by atoms with Gasteiger partial charge in [-0.15, -0.1) is 0 Å². The topological polar surface area (TPSA) is 93.7 Å². The molecule has 2 amide bonds. The molecule has 2 aromatic carbocycles. The highest BCUT2D eigenvalue weighted by molar-refractivity contribution is 8.18. The van der Waals surface area contributed by atoms with Crippen LogP contribution in [-0.2, 0) is 11.3 Å². The number of amides is 2. The number of carbonyl (C=O) groups is 2. The molecule has 30 heavy (non-hydrogen) atoms. The number of hydrogen-bond acceptors (Lipinski definition) is 6. The van der Waals surface area contributed by atoms with Gasteiger partial charge in [-0.3, -0.25) is 24.6 Å². The van der Waals surface area contributed by atoms with E-state index in [1.54, 1.807) is 30.3 Å². The van der Waals surface area contributed by atoms with Gasteiger partial charge in [-0.05, 0) is 42.1 Å². The molecule has 4 rings (SSSR count). The van der Waals surface area contributed by atoms with Crippen molar-refractivity contribution in [3.63, 3.8) is 0 Å². The summed E-state index contributed by atoms with van der Waals surface area (Å²) >= 11 is 0.753. The van der Waals surface area contributed by atoms with Crippen LogP contribution < -0.4 is 0 Å². The van der Waals surface area contributed by atoms with Crippen molar-refractivity contribution in [3.05, 3.63) is 92.8 Å². The lowest BCUT2D eigenvalue weighted by atomic mass is 10.1. The summed E-state index contributed by atoms with van der Waals surface area (Å²) < 4.78 is 19.5. The third-order valence-electron chi connectivity index (χ3n) is 4.42. The molecule has 0 unspecified atom stereocenters. The van der Waals surface area contributed by atoms with Gasteiger partial charge in [0, 0.05) is 29.3 Å². The molecule has 7 nitrogen and oxygen atoms in total. The second kappa shape index (κ2) is 7.96. The number of furan rings is 1. The van der Waals surface area contributed by atoms with Crippen molar-refractivity contribution in [1.29, 1.82) is 0 Å². The zero-order valence-corrected chi connectivity index (χ0v) is 16.1. The van der Waals surface area contributed by atoms with E-state index in [1.165, 1.54) is 36.4 Å². The minimum absolute atomic E-state index is 0.0333. The van der Waals surface area contributed by atoms with Gasteiger partial charge in [-0.1, -0.05) is 18.2 Å². The first-order valence-electron chi connectivity index (χ1n) is 8.76. The Morgan fingerprint density at radius 2 is 1.80 bits per heavy atom. The smallest absolute Gasteiger partial charge is 0.293 e. The summed E-state index contributed by atoms with van der Waals surface area (Å²) in [6.07, 6.45) is 1.45. The maximum absolute atomic E-state index is 13.9. The second-order valence-electron chi connectivity index (χ2n) is 6.37. The van der Waals surface area contributed by atoms with Crippen LogP contribution >= 0.6 is 11.8 Å². The van der Waals surface area contributed by atoms with Crippen LogP contribution in [-0.4, -0.2) is 21.0 Å². The van der Waals surface area contributed by atoms with Gasteiger partial charge in [0.05, 0.1) is 16.4 Å². The van der Waals surface area contributed by atoms with Gasteiger partial charge in [0.2, 0.25) is 0 Å². The van der Waals surface area contributed by atoms with Gasteiger partial charge in [0.15, 0.2) is 0 Å². The maximum atomic E-state index is 13.9. The quantitative estimate of drug-likeness (QED) is 0.316. The van der Waals surface area contributed by atoms with Crippen molar-refractivity contribution in [2.24, 2.45) is 0 Å². The normalized spacial score (nSPS) is 15.2. The SMILES string of the molecule is O=C1S/C(=C/c2ccc(-c3ccc([N+](=O)[O-])cc3)o2)C(=O)N1Cc1ccccc1F. The van der Waals surface area contributed by atoms with Crippen LogP contribution in [0.15, 0.2) is 70.0 Å². The van der Waals surface area contributed by atoms with E-state index < -0.39 is 21.9 Å². The molecule has 0 atom stereocenters. The molecular formula is C21H13FN2O5S. The Labute approximate surface area is 173 Å². The Kier molecular flexibility index (Phi) is 5.20. The first kappa shape index (κ1) is 19.6. The van der Waals surface area contributed by atoms with Crippen molar-refractivity contribution in [1.82, 2.24) is 4.90 Å². The maximum Gasteiger partial charge on any atom is 0.293 e. The van der Waals surface area contributed by atoms with Crippen LogP contribution in [0.25, 0.3) is 17.4 Å².